The van der Waals surface area contributed by atoms with Gasteiger partial charge in [-0.25, -0.2) is 0 Å². The number of pyridine rings is 1. The van der Waals surface area contributed by atoms with E-state index in [9.17, 15) is 4.79 Å². The first kappa shape index (κ1) is 15.7. The van der Waals surface area contributed by atoms with Gasteiger partial charge >= 0.3 is 0 Å². The average Bonchev–Trinajstić information content (AvgIpc) is 2.63. The summed E-state index contributed by atoms with van der Waals surface area (Å²) >= 11 is 0. The smallest absolute Gasteiger partial charge is 0.227 e. The molecular formula is C20H18N2O2. The van der Waals surface area contributed by atoms with Crippen LogP contribution in [0, 0.1) is 0 Å². The fraction of sp³-hybridized carbons (Fsp3) is 0.100. The van der Waals surface area contributed by atoms with Crippen molar-refractivity contribution >= 4 is 11.6 Å². The Bertz CT molecular complexity index is 789. The maximum Gasteiger partial charge on any atom is 0.227 e. The second-order valence-electron chi connectivity index (χ2n) is 5.29. The van der Waals surface area contributed by atoms with Gasteiger partial charge in [0.2, 0.25) is 5.91 Å². The van der Waals surface area contributed by atoms with Crippen LogP contribution in [0.5, 0.6) is 5.75 Å². The fourth-order valence-electron chi connectivity index (χ4n) is 2.30. The lowest BCUT2D eigenvalue weighted by Gasteiger charge is -2.08. The summed E-state index contributed by atoms with van der Waals surface area (Å²) in [6.45, 7) is 0.335. The molecule has 0 aliphatic rings. The molecule has 2 aromatic carbocycles. The summed E-state index contributed by atoms with van der Waals surface area (Å²) in [5.41, 5.74) is 2.71. The van der Waals surface area contributed by atoms with E-state index in [1.807, 2.05) is 66.7 Å². The van der Waals surface area contributed by atoms with E-state index in [1.54, 1.807) is 12.4 Å². The average molecular weight is 318 g/mol. The number of benzene rings is 2. The molecule has 0 aliphatic heterocycles. The molecule has 0 atom stereocenters. The van der Waals surface area contributed by atoms with Crippen LogP contribution in [-0.4, -0.2) is 17.5 Å². The van der Waals surface area contributed by atoms with Gasteiger partial charge in [0.1, 0.15) is 5.75 Å². The zero-order chi connectivity index (χ0) is 16.6. The minimum absolute atomic E-state index is 0.0991. The monoisotopic (exact) mass is 318 g/mol. The van der Waals surface area contributed by atoms with Gasteiger partial charge in [0.05, 0.1) is 24.9 Å². The highest BCUT2D eigenvalue weighted by molar-refractivity contribution is 5.91. The summed E-state index contributed by atoms with van der Waals surface area (Å²) in [7, 11) is 0. The molecule has 0 unspecified atom stereocenters. The molecule has 0 aliphatic carbocycles. The van der Waals surface area contributed by atoms with Gasteiger partial charge in [-0.1, -0.05) is 48.5 Å². The number of rotatable bonds is 6. The van der Waals surface area contributed by atoms with Crippen molar-refractivity contribution < 1.29 is 9.53 Å². The van der Waals surface area contributed by atoms with E-state index in [-0.39, 0.29) is 12.3 Å². The fourth-order valence-corrected chi connectivity index (χ4v) is 2.30. The standard InChI is InChI=1S/C20H18N2O2/c23-20(11-12-24-19-9-5-2-6-10-19)22-18-13-17(14-21-15-18)16-7-3-1-4-8-16/h1-10,13-15H,11-12H2,(H,22,23). The minimum atomic E-state index is -0.0991. The zero-order valence-electron chi connectivity index (χ0n) is 13.2. The van der Waals surface area contributed by atoms with Gasteiger partial charge in [-0.2, -0.15) is 0 Å². The van der Waals surface area contributed by atoms with E-state index in [2.05, 4.69) is 10.3 Å². The van der Waals surface area contributed by atoms with Crippen LogP contribution in [-0.2, 0) is 4.79 Å². The van der Waals surface area contributed by atoms with Crippen LogP contribution >= 0.6 is 0 Å². The Morgan fingerprint density at radius 2 is 1.62 bits per heavy atom. The Kier molecular flexibility index (Phi) is 5.20. The summed E-state index contributed by atoms with van der Waals surface area (Å²) in [5, 5.41) is 2.86. The third kappa shape index (κ3) is 4.43. The van der Waals surface area contributed by atoms with E-state index in [4.69, 9.17) is 4.74 Å². The summed E-state index contributed by atoms with van der Waals surface area (Å²) < 4.78 is 5.53. The third-order valence-electron chi connectivity index (χ3n) is 3.47. The molecule has 4 nitrogen and oxygen atoms in total. The third-order valence-corrected chi connectivity index (χ3v) is 3.47. The lowest BCUT2D eigenvalue weighted by molar-refractivity contribution is -0.116. The first-order chi connectivity index (χ1) is 11.8. The first-order valence-electron chi connectivity index (χ1n) is 7.79. The van der Waals surface area contributed by atoms with E-state index < -0.39 is 0 Å². The van der Waals surface area contributed by atoms with E-state index in [1.165, 1.54) is 0 Å². The highest BCUT2D eigenvalue weighted by Gasteiger charge is 2.05. The van der Waals surface area contributed by atoms with Crippen molar-refractivity contribution in [1.82, 2.24) is 4.98 Å². The van der Waals surface area contributed by atoms with Gasteiger partial charge in [0, 0.05) is 11.8 Å². The highest BCUT2D eigenvalue weighted by atomic mass is 16.5. The summed E-state index contributed by atoms with van der Waals surface area (Å²) in [4.78, 5) is 16.2. The zero-order valence-corrected chi connectivity index (χ0v) is 13.2. The van der Waals surface area contributed by atoms with Crippen LogP contribution in [0.4, 0.5) is 5.69 Å². The molecular weight excluding hydrogens is 300 g/mol. The molecule has 1 aromatic heterocycles. The van der Waals surface area contributed by atoms with Gasteiger partial charge < -0.3 is 10.1 Å². The van der Waals surface area contributed by atoms with Crippen molar-refractivity contribution in [3.8, 4) is 16.9 Å². The van der Waals surface area contributed by atoms with Crippen molar-refractivity contribution in [1.29, 1.82) is 0 Å². The lowest BCUT2D eigenvalue weighted by Crippen LogP contribution is -2.15. The normalized spacial score (nSPS) is 10.2. The van der Waals surface area contributed by atoms with E-state index in [0.29, 0.717) is 12.3 Å². The number of nitrogens with zero attached hydrogens (tertiary/aromatic N) is 1. The molecule has 0 radical (unpaired) electrons. The van der Waals surface area contributed by atoms with Crippen LogP contribution in [0.25, 0.3) is 11.1 Å². The maximum atomic E-state index is 12.0. The van der Waals surface area contributed by atoms with Crippen LogP contribution in [0.2, 0.25) is 0 Å². The quantitative estimate of drug-likeness (QED) is 0.742. The second kappa shape index (κ2) is 7.92. The minimum Gasteiger partial charge on any atom is -0.493 e. The number of hydrogen-bond donors (Lipinski definition) is 1. The van der Waals surface area contributed by atoms with E-state index in [0.717, 1.165) is 16.9 Å². The number of para-hydroxylation sites is 1. The van der Waals surface area contributed by atoms with Crippen LogP contribution in [0.15, 0.2) is 79.1 Å². The van der Waals surface area contributed by atoms with Crippen LogP contribution < -0.4 is 10.1 Å². The lowest BCUT2D eigenvalue weighted by atomic mass is 10.1. The molecule has 1 heterocycles. The molecule has 24 heavy (non-hydrogen) atoms. The molecule has 0 spiro atoms. The number of aromatic nitrogens is 1. The topological polar surface area (TPSA) is 51.2 Å². The molecule has 120 valence electrons. The maximum absolute atomic E-state index is 12.0. The molecule has 0 bridgehead atoms. The van der Waals surface area contributed by atoms with Gasteiger partial charge in [0.25, 0.3) is 0 Å². The van der Waals surface area contributed by atoms with Crippen molar-refractivity contribution in [2.45, 2.75) is 6.42 Å². The number of anilines is 1. The van der Waals surface area contributed by atoms with Gasteiger partial charge in [-0.3, -0.25) is 9.78 Å². The van der Waals surface area contributed by atoms with Crippen LogP contribution in [0.3, 0.4) is 0 Å². The second-order valence-corrected chi connectivity index (χ2v) is 5.29. The number of hydrogen-bond acceptors (Lipinski definition) is 3. The van der Waals surface area contributed by atoms with Crippen molar-refractivity contribution in [3.05, 3.63) is 79.1 Å². The highest BCUT2D eigenvalue weighted by Crippen LogP contribution is 2.21. The summed E-state index contributed by atoms with van der Waals surface area (Å²) in [5.74, 6) is 0.663. The predicted molar refractivity (Wildman–Crippen MR) is 94.9 cm³/mol. The van der Waals surface area contributed by atoms with Gasteiger partial charge in [0.15, 0.2) is 0 Å². The molecule has 3 aromatic rings. The number of nitrogens with one attached hydrogen (secondary N) is 1. The Labute approximate surface area is 141 Å². The Morgan fingerprint density at radius 1 is 0.917 bits per heavy atom. The summed E-state index contributed by atoms with van der Waals surface area (Å²) in [6.07, 6.45) is 3.70. The van der Waals surface area contributed by atoms with Gasteiger partial charge in [-0.15, -0.1) is 0 Å². The molecule has 1 N–H and O–H groups in total. The Hall–Kier alpha value is -3.14. The molecule has 4 heteroatoms. The van der Waals surface area contributed by atoms with Crippen molar-refractivity contribution in [2.75, 3.05) is 11.9 Å². The molecule has 1 amide bonds. The molecule has 3 rings (SSSR count). The SMILES string of the molecule is O=C(CCOc1ccccc1)Nc1cncc(-c2ccccc2)c1. The number of carbonyl (C=O) groups is 1. The Balaban J connectivity index is 1.55. The van der Waals surface area contributed by atoms with Crippen molar-refractivity contribution in [3.63, 3.8) is 0 Å². The predicted octanol–water partition coefficient (Wildman–Crippen LogP) is 4.16. The first-order valence-corrected chi connectivity index (χ1v) is 7.79. The van der Waals surface area contributed by atoms with E-state index >= 15 is 0 Å². The van der Waals surface area contributed by atoms with Gasteiger partial charge in [-0.05, 0) is 23.8 Å². The molecule has 0 saturated heterocycles. The molecule has 0 fully saturated rings. The Morgan fingerprint density at radius 3 is 2.38 bits per heavy atom. The summed E-state index contributed by atoms with van der Waals surface area (Å²) in [6, 6.07) is 21.3. The molecule has 0 saturated carbocycles. The number of ether oxygens (including phenoxy) is 1. The van der Waals surface area contributed by atoms with Crippen LogP contribution in [0.1, 0.15) is 6.42 Å². The largest absolute Gasteiger partial charge is 0.493 e. The number of amides is 1. The van der Waals surface area contributed by atoms with Crippen molar-refractivity contribution in [2.24, 2.45) is 0 Å². The number of carbonyl (C=O) groups excluding carboxylic acids is 1.